The number of pyridine rings is 1. The van der Waals surface area contributed by atoms with Crippen molar-refractivity contribution in [3.05, 3.63) is 29.8 Å². The molecule has 2 heterocycles. The number of aromatic nitrogens is 1. The molecule has 0 radical (unpaired) electrons. The third-order valence-electron chi connectivity index (χ3n) is 3.95. The minimum Gasteiger partial charge on any atom is -0.381 e. The largest absolute Gasteiger partial charge is 0.381 e. The SMILES string of the molecule is CCCNC(c1cncc(F)c1)C1(OCC)CCOCC1. The fraction of sp³-hybridized carbons (Fsp3) is 0.688. The molecule has 1 aliphatic heterocycles. The van der Waals surface area contributed by atoms with Crippen LogP contribution in [0.5, 0.6) is 0 Å². The Morgan fingerprint density at radius 2 is 2.14 bits per heavy atom. The summed E-state index contributed by atoms with van der Waals surface area (Å²) in [6.45, 7) is 6.95. The van der Waals surface area contributed by atoms with Gasteiger partial charge in [0.1, 0.15) is 5.82 Å². The number of hydrogen-bond donors (Lipinski definition) is 1. The van der Waals surface area contributed by atoms with Crippen molar-refractivity contribution in [3.8, 4) is 0 Å². The fourth-order valence-electron chi connectivity index (χ4n) is 3.00. The summed E-state index contributed by atoms with van der Waals surface area (Å²) in [7, 11) is 0. The van der Waals surface area contributed by atoms with E-state index >= 15 is 0 Å². The second-order valence-corrected chi connectivity index (χ2v) is 5.43. The molecule has 1 unspecified atom stereocenters. The van der Waals surface area contributed by atoms with Crippen molar-refractivity contribution < 1.29 is 13.9 Å². The van der Waals surface area contributed by atoms with Gasteiger partial charge in [0.25, 0.3) is 0 Å². The number of nitrogens with one attached hydrogen (secondary N) is 1. The Bertz CT molecular complexity index is 431. The minimum atomic E-state index is -0.350. The van der Waals surface area contributed by atoms with E-state index in [2.05, 4.69) is 17.2 Å². The molecule has 0 aromatic carbocycles. The van der Waals surface area contributed by atoms with E-state index in [1.165, 1.54) is 6.20 Å². The lowest BCUT2D eigenvalue weighted by atomic mass is 9.82. The van der Waals surface area contributed by atoms with Crippen molar-refractivity contribution in [2.45, 2.75) is 44.8 Å². The summed E-state index contributed by atoms with van der Waals surface area (Å²) in [5.74, 6) is -0.311. The first-order valence-electron chi connectivity index (χ1n) is 7.77. The van der Waals surface area contributed by atoms with Crippen molar-refractivity contribution in [1.29, 1.82) is 0 Å². The van der Waals surface area contributed by atoms with Crippen LogP contribution in [0.15, 0.2) is 18.5 Å². The van der Waals surface area contributed by atoms with E-state index in [9.17, 15) is 4.39 Å². The summed E-state index contributed by atoms with van der Waals surface area (Å²) in [4.78, 5) is 4.00. The van der Waals surface area contributed by atoms with Gasteiger partial charge in [0.15, 0.2) is 0 Å². The Labute approximate surface area is 126 Å². The van der Waals surface area contributed by atoms with Crippen LogP contribution in [-0.2, 0) is 9.47 Å². The lowest BCUT2D eigenvalue weighted by Crippen LogP contribution is -2.50. The molecule has 2 rings (SSSR count). The van der Waals surface area contributed by atoms with Crippen LogP contribution >= 0.6 is 0 Å². The zero-order valence-electron chi connectivity index (χ0n) is 12.9. The summed E-state index contributed by atoms with van der Waals surface area (Å²) in [6.07, 6.45) is 5.58. The molecule has 1 saturated heterocycles. The first-order chi connectivity index (χ1) is 10.2. The highest BCUT2D eigenvalue weighted by Crippen LogP contribution is 2.37. The second-order valence-electron chi connectivity index (χ2n) is 5.43. The number of ether oxygens (including phenoxy) is 2. The van der Waals surface area contributed by atoms with Crippen LogP contribution in [0, 0.1) is 5.82 Å². The Morgan fingerprint density at radius 3 is 2.76 bits per heavy atom. The normalized spacial score (nSPS) is 19.4. The van der Waals surface area contributed by atoms with Gasteiger partial charge in [0.05, 0.1) is 17.8 Å². The van der Waals surface area contributed by atoms with Gasteiger partial charge in [0, 0.05) is 38.9 Å². The molecular formula is C16H25FN2O2. The maximum absolute atomic E-state index is 13.6. The quantitative estimate of drug-likeness (QED) is 0.840. The van der Waals surface area contributed by atoms with E-state index in [0.717, 1.165) is 31.4 Å². The van der Waals surface area contributed by atoms with Crippen molar-refractivity contribution >= 4 is 0 Å². The summed E-state index contributed by atoms with van der Waals surface area (Å²) >= 11 is 0. The van der Waals surface area contributed by atoms with E-state index in [0.29, 0.717) is 19.8 Å². The molecule has 1 aromatic rings. The maximum Gasteiger partial charge on any atom is 0.141 e. The minimum absolute atomic E-state index is 0.0653. The topological polar surface area (TPSA) is 43.4 Å². The molecule has 1 N–H and O–H groups in total. The molecular weight excluding hydrogens is 271 g/mol. The zero-order valence-corrected chi connectivity index (χ0v) is 12.9. The molecule has 1 fully saturated rings. The van der Waals surface area contributed by atoms with Gasteiger partial charge >= 0.3 is 0 Å². The molecule has 1 aliphatic rings. The highest BCUT2D eigenvalue weighted by Gasteiger charge is 2.42. The standard InChI is InChI=1S/C16H25FN2O2/c1-3-7-19-15(13-10-14(17)12-18-11-13)16(21-4-2)5-8-20-9-6-16/h10-12,15,19H,3-9H2,1-2H3. The third-order valence-corrected chi connectivity index (χ3v) is 3.95. The molecule has 1 aromatic heterocycles. The molecule has 0 aliphatic carbocycles. The van der Waals surface area contributed by atoms with Crippen molar-refractivity contribution in [1.82, 2.24) is 10.3 Å². The van der Waals surface area contributed by atoms with Gasteiger partial charge in [-0.25, -0.2) is 4.39 Å². The van der Waals surface area contributed by atoms with E-state index in [4.69, 9.17) is 9.47 Å². The first kappa shape index (κ1) is 16.3. The van der Waals surface area contributed by atoms with Crippen molar-refractivity contribution in [3.63, 3.8) is 0 Å². The van der Waals surface area contributed by atoms with Crippen LogP contribution in [-0.4, -0.2) is 37.0 Å². The molecule has 0 spiro atoms. The summed E-state index contributed by atoms with van der Waals surface area (Å²) in [5.41, 5.74) is 0.497. The highest BCUT2D eigenvalue weighted by atomic mass is 19.1. The highest BCUT2D eigenvalue weighted by molar-refractivity contribution is 5.20. The van der Waals surface area contributed by atoms with Crippen LogP contribution in [0.4, 0.5) is 4.39 Å². The smallest absolute Gasteiger partial charge is 0.141 e. The van der Waals surface area contributed by atoms with Gasteiger partial charge in [-0.15, -0.1) is 0 Å². The van der Waals surface area contributed by atoms with Gasteiger partial charge in [0.2, 0.25) is 0 Å². The Morgan fingerprint density at radius 1 is 1.38 bits per heavy atom. The monoisotopic (exact) mass is 296 g/mol. The molecule has 0 amide bonds. The number of hydrogen-bond acceptors (Lipinski definition) is 4. The molecule has 21 heavy (non-hydrogen) atoms. The van der Waals surface area contributed by atoms with Gasteiger partial charge < -0.3 is 14.8 Å². The average molecular weight is 296 g/mol. The maximum atomic E-state index is 13.6. The fourth-order valence-corrected chi connectivity index (χ4v) is 3.00. The van der Waals surface area contributed by atoms with Crippen molar-refractivity contribution in [2.75, 3.05) is 26.4 Å². The summed E-state index contributed by atoms with van der Waals surface area (Å²) < 4.78 is 25.2. The predicted molar refractivity (Wildman–Crippen MR) is 79.6 cm³/mol. The van der Waals surface area contributed by atoms with E-state index < -0.39 is 0 Å². The number of halogens is 1. The predicted octanol–water partition coefficient (Wildman–Crippen LogP) is 2.85. The Hall–Kier alpha value is -1.04. The summed E-state index contributed by atoms with van der Waals surface area (Å²) in [6, 6.07) is 1.49. The molecule has 0 bridgehead atoms. The van der Waals surface area contributed by atoms with Gasteiger partial charge in [-0.1, -0.05) is 6.92 Å². The number of nitrogens with zero attached hydrogens (tertiary/aromatic N) is 1. The average Bonchev–Trinajstić information content (AvgIpc) is 2.49. The molecule has 118 valence electrons. The third kappa shape index (κ3) is 3.99. The number of rotatable bonds is 7. The van der Waals surface area contributed by atoms with Crippen LogP contribution in [0.3, 0.4) is 0 Å². The van der Waals surface area contributed by atoms with Gasteiger partial charge in [-0.05, 0) is 31.5 Å². The lowest BCUT2D eigenvalue weighted by molar-refractivity contribution is -0.128. The molecule has 0 saturated carbocycles. The first-order valence-corrected chi connectivity index (χ1v) is 7.77. The zero-order chi connectivity index (χ0) is 15.1. The van der Waals surface area contributed by atoms with E-state index in [1.54, 1.807) is 12.3 Å². The summed E-state index contributed by atoms with van der Waals surface area (Å²) in [5, 5.41) is 3.52. The van der Waals surface area contributed by atoms with Crippen molar-refractivity contribution in [2.24, 2.45) is 0 Å². The molecule has 5 heteroatoms. The second kappa shape index (κ2) is 7.82. The molecule has 4 nitrogen and oxygen atoms in total. The van der Waals surface area contributed by atoms with Gasteiger partial charge in [-0.3, -0.25) is 4.98 Å². The van der Waals surface area contributed by atoms with Crippen LogP contribution in [0.2, 0.25) is 0 Å². The lowest BCUT2D eigenvalue weighted by Gasteiger charge is -2.43. The van der Waals surface area contributed by atoms with E-state index in [-0.39, 0.29) is 17.5 Å². The Kier molecular flexibility index (Phi) is 6.08. The van der Waals surface area contributed by atoms with Crippen LogP contribution in [0.1, 0.15) is 44.7 Å². The molecule has 1 atom stereocenters. The van der Waals surface area contributed by atoms with Crippen LogP contribution in [0.25, 0.3) is 0 Å². The van der Waals surface area contributed by atoms with Gasteiger partial charge in [-0.2, -0.15) is 0 Å². The van der Waals surface area contributed by atoms with E-state index in [1.807, 2.05) is 6.92 Å². The van der Waals surface area contributed by atoms with Crippen LogP contribution < -0.4 is 5.32 Å². The Balaban J connectivity index is 2.31.